The molecule has 1 saturated heterocycles. The van der Waals surface area contributed by atoms with E-state index in [1.807, 2.05) is 0 Å². The lowest BCUT2D eigenvalue weighted by Crippen LogP contribution is -2.17. The van der Waals surface area contributed by atoms with Gasteiger partial charge in [0, 0.05) is 18.5 Å². The van der Waals surface area contributed by atoms with Gasteiger partial charge in [-0.05, 0) is 18.6 Å². The van der Waals surface area contributed by atoms with Gasteiger partial charge < -0.3 is 4.74 Å². The minimum absolute atomic E-state index is 0.892. The van der Waals surface area contributed by atoms with E-state index in [4.69, 9.17) is 4.74 Å². The molecule has 1 aliphatic heterocycles. The third kappa shape index (κ3) is 2.59. The molecule has 0 unspecified atom stereocenters. The zero-order chi connectivity index (χ0) is 6.53. The number of ether oxygens (including phenoxy) is 1. The quantitative estimate of drug-likeness (QED) is 0.588. The Kier molecular flexibility index (Phi) is 3.44. The van der Waals surface area contributed by atoms with Crippen molar-refractivity contribution < 1.29 is 4.74 Å². The van der Waals surface area contributed by atoms with Gasteiger partial charge in [-0.1, -0.05) is 6.92 Å². The van der Waals surface area contributed by atoms with Crippen molar-refractivity contribution in [3.8, 4) is 0 Å². The summed E-state index contributed by atoms with van der Waals surface area (Å²) in [5.74, 6) is 1.25. The molecule has 1 nitrogen and oxygen atoms in total. The minimum atomic E-state index is 0.892. The summed E-state index contributed by atoms with van der Waals surface area (Å²) in [6, 6.07) is 0. The van der Waals surface area contributed by atoms with Crippen LogP contribution in [0.2, 0.25) is 0 Å². The van der Waals surface area contributed by atoms with Crippen molar-refractivity contribution in [3.63, 3.8) is 0 Å². The normalized spacial score (nSPS) is 22.3. The zero-order valence-corrected chi connectivity index (χ0v) is 6.75. The van der Waals surface area contributed by atoms with Crippen molar-refractivity contribution in [3.05, 3.63) is 0 Å². The molecule has 0 N–H and O–H groups in total. The van der Waals surface area contributed by atoms with Gasteiger partial charge >= 0.3 is 0 Å². The van der Waals surface area contributed by atoms with Gasteiger partial charge in [0.2, 0.25) is 0 Å². The van der Waals surface area contributed by atoms with Crippen LogP contribution in [-0.4, -0.2) is 24.2 Å². The largest absolute Gasteiger partial charge is 0.381 e. The molecular formula is C7H14OS. The second-order valence-electron chi connectivity index (χ2n) is 2.27. The summed E-state index contributed by atoms with van der Waals surface area (Å²) in [7, 11) is 0. The van der Waals surface area contributed by atoms with E-state index in [1.54, 1.807) is 0 Å². The van der Waals surface area contributed by atoms with Crippen LogP contribution in [0, 0.1) is 0 Å². The average molecular weight is 146 g/mol. The van der Waals surface area contributed by atoms with Gasteiger partial charge in [0.25, 0.3) is 0 Å². The summed E-state index contributed by atoms with van der Waals surface area (Å²) in [4.78, 5) is 0. The molecule has 0 atom stereocenters. The van der Waals surface area contributed by atoms with Gasteiger partial charge in [-0.25, -0.2) is 0 Å². The Balaban J connectivity index is 2.08. The van der Waals surface area contributed by atoms with Crippen LogP contribution >= 0.6 is 11.8 Å². The predicted molar refractivity (Wildman–Crippen MR) is 42.0 cm³/mol. The SMILES string of the molecule is CCSC1CCOCC1. The molecule has 0 bridgehead atoms. The van der Waals surface area contributed by atoms with Crippen LogP contribution in [0.5, 0.6) is 0 Å². The molecule has 1 rings (SSSR count). The van der Waals surface area contributed by atoms with Crippen LogP contribution in [0.15, 0.2) is 0 Å². The Morgan fingerprint density at radius 3 is 2.67 bits per heavy atom. The lowest BCUT2D eigenvalue weighted by atomic mass is 10.2. The van der Waals surface area contributed by atoms with E-state index in [-0.39, 0.29) is 0 Å². The maximum absolute atomic E-state index is 5.23. The van der Waals surface area contributed by atoms with Gasteiger partial charge in [-0.2, -0.15) is 11.8 Å². The monoisotopic (exact) mass is 146 g/mol. The Labute approximate surface area is 61.2 Å². The Bertz CT molecular complexity index is 66.6. The van der Waals surface area contributed by atoms with E-state index in [2.05, 4.69) is 18.7 Å². The van der Waals surface area contributed by atoms with Crippen LogP contribution in [0.3, 0.4) is 0 Å². The first-order chi connectivity index (χ1) is 4.43. The fourth-order valence-electron chi connectivity index (χ4n) is 1.08. The highest BCUT2D eigenvalue weighted by Crippen LogP contribution is 2.20. The van der Waals surface area contributed by atoms with Gasteiger partial charge in [0.1, 0.15) is 0 Å². The first-order valence-corrected chi connectivity index (χ1v) is 4.67. The van der Waals surface area contributed by atoms with E-state index in [0.717, 1.165) is 18.5 Å². The van der Waals surface area contributed by atoms with Crippen molar-refractivity contribution in [2.75, 3.05) is 19.0 Å². The van der Waals surface area contributed by atoms with Crippen molar-refractivity contribution in [1.82, 2.24) is 0 Å². The number of rotatable bonds is 2. The Hall–Kier alpha value is 0.310. The van der Waals surface area contributed by atoms with Gasteiger partial charge in [-0.3, -0.25) is 0 Å². The standard InChI is InChI=1S/C7H14OS/c1-2-9-7-3-5-8-6-4-7/h7H,2-6H2,1H3. The minimum Gasteiger partial charge on any atom is -0.381 e. The topological polar surface area (TPSA) is 9.23 Å². The maximum atomic E-state index is 5.23. The van der Waals surface area contributed by atoms with Gasteiger partial charge in [0.05, 0.1) is 0 Å². The second kappa shape index (κ2) is 4.18. The molecule has 54 valence electrons. The maximum Gasteiger partial charge on any atom is 0.0476 e. The Morgan fingerprint density at radius 2 is 2.11 bits per heavy atom. The molecule has 0 aliphatic carbocycles. The van der Waals surface area contributed by atoms with Crippen molar-refractivity contribution in [1.29, 1.82) is 0 Å². The van der Waals surface area contributed by atoms with Crippen LogP contribution in [0.4, 0.5) is 0 Å². The summed E-state index contributed by atoms with van der Waals surface area (Å²) in [5.41, 5.74) is 0. The third-order valence-electron chi connectivity index (χ3n) is 1.57. The molecule has 0 saturated carbocycles. The molecule has 0 aromatic heterocycles. The molecule has 1 fully saturated rings. The Morgan fingerprint density at radius 1 is 1.44 bits per heavy atom. The molecule has 0 aromatic carbocycles. The average Bonchev–Trinajstić information content (AvgIpc) is 1.91. The van der Waals surface area contributed by atoms with E-state index in [0.29, 0.717) is 0 Å². The van der Waals surface area contributed by atoms with Crippen LogP contribution < -0.4 is 0 Å². The van der Waals surface area contributed by atoms with Crippen molar-refractivity contribution >= 4 is 11.8 Å². The summed E-state index contributed by atoms with van der Waals surface area (Å²) in [5, 5.41) is 0.892. The van der Waals surface area contributed by atoms with E-state index >= 15 is 0 Å². The number of hydrogen-bond donors (Lipinski definition) is 0. The van der Waals surface area contributed by atoms with Crippen LogP contribution in [0.25, 0.3) is 0 Å². The highest BCUT2D eigenvalue weighted by Gasteiger charge is 2.11. The first kappa shape index (κ1) is 7.42. The van der Waals surface area contributed by atoms with E-state index in [1.165, 1.54) is 18.6 Å². The fraction of sp³-hybridized carbons (Fsp3) is 1.00. The molecule has 0 spiro atoms. The second-order valence-corrected chi connectivity index (χ2v) is 3.84. The van der Waals surface area contributed by atoms with E-state index < -0.39 is 0 Å². The smallest absolute Gasteiger partial charge is 0.0476 e. The molecule has 9 heavy (non-hydrogen) atoms. The molecule has 0 radical (unpaired) electrons. The highest BCUT2D eigenvalue weighted by molar-refractivity contribution is 7.99. The summed E-state index contributed by atoms with van der Waals surface area (Å²) in [6.07, 6.45) is 2.52. The van der Waals surface area contributed by atoms with Crippen LogP contribution in [-0.2, 0) is 4.74 Å². The highest BCUT2D eigenvalue weighted by atomic mass is 32.2. The molecule has 1 aliphatic rings. The molecule has 1 heterocycles. The lowest BCUT2D eigenvalue weighted by molar-refractivity contribution is 0.100. The number of hydrogen-bond acceptors (Lipinski definition) is 2. The lowest BCUT2D eigenvalue weighted by Gasteiger charge is -2.20. The van der Waals surface area contributed by atoms with Gasteiger partial charge in [-0.15, -0.1) is 0 Å². The summed E-state index contributed by atoms with van der Waals surface area (Å²) < 4.78 is 5.23. The van der Waals surface area contributed by atoms with Crippen molar-refractivity contribution in [2.45, 2.75) is 25.0 Å². The molecule has 2 heteroatoms. The molecule has 0 amide bonds. The predicted octanol–water partition coefficient (Wildman–Crippen LogP) is 1.92. The van der Waals surface area contributed by atoms with Crippen molar-refractivity contribution in [2.24, 2.45) is 0 Å². The van der Waals surface area contributed by atoms with Crippen LogP contribution in [0.1, 0.15) is 19.8 Å². The molecular weight excluding hydrogens is 132 g/mol. The molecule has 0 aromatic rings. The summed E-state index contributed by atoms with van der Waals surface area (Å²) >= 11 is 2.07. The number of thioether (sulfide) groups is 1. The van der Waals surface area contributed by atoms with E-state index in [9.17, 15) is 0 Å². The zero-order valence-electron chi connectivity index (χ0n) is 5.93. The summed E-state index contributed by atoms with van der Waals surface area (Å²) in [6.45, 7) is 4.19. The fourth-order valence-corrected chi connectivity index (χ4v) is 2.08. The first-order valence-electron chi connectivity index (χ1n) is 3.63. The third-order valence-corrected chi connectivity index (χ3v) is 2.85. The van der Waals surface area contributed by atoms with Gasteiger partial charge in [0.15, 0.2) is 0 Å².